The van der Waals surface area contributed by atoms with Crippen LogP contribution in [0.4, 0.5) is 5.13 Å². The van der Waals surface area contributed by atoms with E-state index in [9.17, 15) is 0 Å². The average Bonchev–Trinajstić information content (AvgIpc) is 3.35. The minimum Gasteiger partial charge on any atom is -0.416 e. The van der Waals surface area contributed by atoms with E-state index in [2.05, 4.69) is 46.6 Å². The molecule has 33 heavy (non-hydrogen) atoms. The van der Waals surface area contributed by atoms with Crippen molar-refractivity contribution in [3.63, 3.8) is 0 Å². The standard InChI is InChI=1S/C26H20N4OS2/c1-30(2)26-27-22(16-23(32)33-26)19-12-8-17(9-13-19)18-10-14-21(15-11-18)25-29-28-24(31-25)20-6-4-3-5-7-20/h3-16H,1-2H3. The Kier molecular flexibility index (Phi) is 5.81. The number of hydrogen-bond acceptors (Lipinski definition) is 7. The fourth-order valence-corrected chi connectivity index (χ4v) is 4.42. The maximum atomic E-state index is 5.86. The van der Waals surface area contributed by atoms with Crippen LogP contribution in [0.25, 0.3) is 45.3 Å². The topological polar surface area (TPSA) is 55.1 Å². The number of anilines is 1. The van der Waals surface area contributed by atoms with Gasteiger partial charge in [-0.3, -0.25) is 0 Å². The Balaban J connectivity index is 1.37. The zero-order chi connectivity index (χ0) is 22.8. The maximum absolute atomic E-state index is 5.86. The summed E-state index contributed by atoms with van der Waals surface area (Å²) in [7, 11) is 3.95. The maximum Gasteiger partial charge on any atom is 0.248 e. The highest BCUT2D eigenvalue weighted by atomic mass is 32.1. The molecule has 0 N–H and O–H groups in total. The highest BCUT2D eigenvalue weighted by molar-refractivity contribution is 7.73. The highest BCUT2D eigenvalue weighted by Crippen LogP contribution is 2.29. The highest BCUT2D eigenvalue weighted by Gasteiger charge is 2.11. The predicted octanol–water partition coefficient (Wildman–Crippen LogP) is 6.99. The van der Waals surface area contributed by atoms with Crippen LogP contribution < -0.4 is 4.90 Å². The molecule has 0 aliphatic carbocycles. The summed E-state index contributed by atoms with van der Waals surface area (Å²) in [5.74, 6) is 1.02. The van der Waals surface area contributed by atoms with E-state index in [-0.39, 0.29) is 0 Å². The summed E-state index contributed by atoms with van der Waals surface area (Å²) in [4.78, 5) is 6.71. The summed E-state index contributed by atoms with van der Waals surface area (Å²) in [6, 6.07) is 28.2. The molecule has 0 atom stereocenters. The van der Waals surface area contributed by atoms with Crippen LogP contribution in [0.15, 0.2) is 89.3 Å². The molecule has 7 heteroatoms. The quantitative estimate of drug-likeness (QED) is 0.259. The summed E-state index contributed by atoms with van der Waals surface area (Å²) >= 11 is 6.93. The number of aromatic nitrogens is 3. The van der Waals surface area contributed by atoms with Crippen LogP contribution in [0.2, 0.25) is 0 Å². The Morgan fingerprint density at radius 3 is 1.79 bits per heavy atom. The van der Waals surface area contributed by atoms with Gasteiger partial charge in [0.1, 0.15) is 0 Å². The van der Waals surface area contributed by atoms with Crippen molar-refractivity contribution in [2.45, 2.75) is 0 Å². The SMILES string of the molecule is CN(C)c1nc(-c2ccc(-c3ccc(-c4nnc(-c5ccccc5)o4)cc3)cc2)cc(=S)s1. The Morgan fingerprint density at radius 2 is 1.21 bits per heavy atom. The van der Waals surface area contributed by atoms with E-state index < -0.39 is 0 Å². The monoisotopic (exact) mass is 468 g/mol. The van der Waals surface area contributed by atoms with Crippen molar-refractivity contribution in [1.82, 2.24) is 15.2 Å². The third kappa shape index (κ3) is 4.60. The summed E-state index contributed by atoms with van der Waals surface area (Å²) in [6.07, 6.45) is 0. The minimum atomic E-state index is 0.503. The number of hydrogen-bond donors (Lipinski definition) is 0. The normalized spacial score (nSPS) is 10.8. The number of nitrogens with zero attached hydrogens (tertiary/aromatic N) is 4. The fraction of sp³-hybridized carbons (Fsp3) is 0.0769. The second-order valence-electron chi connectivity index (χ2n) is 7.67. The molecule has 162 valence electrons. The molecule has 0 saturated heterocycles. The first-order valence-corrected chi connectivity index (χ1v) is 11.6. The van der Waals surface area contributed by atoms with Crippen molar-refractivity contribution in [3.8, 4) is 45.3 Å². The largest absolute Gasteiger partial charge is 0.416 e. The van der Waals surface area contributed by atoms with Gasteiger partial charge in [-0.15, -0.1) is 10.2 Å². The molecular formula is C26H20N4OS2. The Labute approximate surface area is 201 Å². The van der Waals surface area contributed by atoms with E-state index in [0.717, 1.165) is 42.5 Å². The molecule has 0 saturated carbocycles. The number of rotatable bonds is 5. The molecule has 2 heterocycles. The van der Waals surface area contributed by atoms with Crippen molar-refractivity contribution in [3.05, 3.63) is 88.8 Å². The van der Waals surface area contributed by atoms with Gasteiger partial charge >= 0.3 is 0 Å². The molecule has 0 aliphatic heterocycles. The molecule has 0 radical (unpaired) electrons. The van der Waals surface area contributed by atoms with E-state index >= 15 is 0 Å². The number of benzene rings is 3. The first-order valence-electron chi connectivity index (χ1n) is 10.4. The van der Waals surface area contributed by atoms with E-state index in [4.69, 9.17) is 21.6 Å². The zero-order valence-electron chi connectivity index (χ0n) is 18.1. The third-order valence-corrected chi connectivity index (χ3v) is 6.46. The van der Waals surface area contributed by atoms with Gasteiger partial charge in [-0.05, 0) is 41.5 Å². The molecule has 2 aromatic heterocycles. The molecule has 0 bridgehead atoms. The summed E-state index contributed by atoms with van der Waals surface area (Å²) in [5.41, 5.74) is 5.93. The van der Waals surface area contributed by atoms with Crippen LogP contribution in [0, 0.1) is 3.82 Å². The van der Waals surface area contributed by atoms with Crippen molar-refractivity contribution in [2.75, 3.05) is 19.0 Å². The first-order chi connectivity index (χ1) is 16.1. The van der Waals surface area contributed by atoms with E-state index in [1.54, 1.807) is 0 Å². The molecule has 0 aliphatic rings. The van der Waals surface area contributed by atoms with Gasteiger partial charge in [0.2, 0.25) is 11.8 Å². The summed E-state index contributed by atoms with van der Waals surface area (Å²) < 4.78 is 6.68. The third-order valence-electron chi connectivity index (χ3n) is 5.14. The molecule has 5 aromatic rings. The average molecular weight is 469 g/mol. The lowest BCUT2D eigenvalue weighted by atomic mass is 10.0. The molecule has 0 fully saturated rings. The minimum absolute atomic E-state index is 0.503. The van der Waals surface area contributed by atoms with Gasteiger partial charge < -0.3 is 9.32 Å². The smallest absolute Gasteiger partial charge is 0.248 e. The second-order valence-corrected chi connectivity index (χ2v) is 9.38. The fourth-order valence-electron chi connectivity index (χ4n) is 3.40. The molecule has 5 nitrogen and oxygen atoms in total. The van der Waals surface area contributed by atoms with Crippen LogP contribution in [-0.4, -0.2) is 29.3 Å². The first kappa shape index (κ1) is 21.2. The van der Waals surface area contributed by atoms with Crippen LogP contribution in [0.1, 0.15) is 0 Å². The molecule has 5 rings (SSSR count). The Bertz CT molecular complexity index is 1440. The van der Waals surface area contributed by atoms with Crippen LogP contribution in [0.3, 0.4) is 0 Å². The van der Waals surface area contributed by atoms with Gasteiger partial charge in [-0.1, -0.05) is 78.2 Å². The lowest BCUT2D eigenvalue weighted by molar-refractivity contribution is 0.584. The lowest BCUT2D eigenvalue weighted by Crippen LogP contribution is -2.09. The predicted molar refractivity (Wildman–Crippen MR) is 137 cm³/mol. The van der Waals surface area contributed by atoms with E-state index in [0.29, 0.717) is 11.8 Å². The molecule has 0 amide bonds. The van der Waals surface area contributed by atoms with Crippen molar-refractivity contribution in [1.29, 1.82) is 0 Å². The Hall–Kier alpha value is -3.68. The summed E-state index contributed by atoms with van der Waals surface area (Å²) in [5, 5.41) is 9.27. The van der Waals surface area contributed by atoms with E-state index in [1.165, 1.54) is 11.3 Å². The van der Waals surface area contributed by atoms with Crippen LogP contribution >= 0.6 is 23.6 Å². The second kappa shape index (κ2) is 9.05. The molecular weight excluding hydrogens is 448 g/mol. The summed E-state index contributed by atoms with van der Waals surface area (Å²) in [6.45, 7) is 0. The molecule has 3 aromatic carbocycles. The van der Waals surface area contributed by atoms with Gasteiger partial charge in [-0.25, -0.2) is 4.98 Å². The van der Waals surface area contributed by atoms with Gasteiger partial charge in [0.25, 0.3) is 0 Å². The lowest BCUT2D eigenvalue weighted by Gasteiger charge is -2.11. The van der Waals surface area contributed by atoms with Crippen LogP contribution in [-0.2, 0) is 0 Å². The molecule has 0 unspecified atom stereocenters. The molecule has 0 spiro atoms. The zero-order valence-corrected chi connectivity index (χ0v) is 19.7. The van der Waals surface area contributed by atoms with Gasteiger partial charge in [0.05, 0.1) is 9.52 Å². The van der Waals surface area contributed by atoms with Crippen LogP contribution in [0.5, 0.6) is 0 Å². The van der Waals surface area contributed by atoms with E-state index in [1.807, 2.05) is 67.5 Å². The van der Waals surface area contributed by atoms with Crippen molar-refractivity contribution < 1.29 is 4.42 Å². The van der Waals surface area contributed by atoms with Gasteiger partial charge in [0, 0.05) is 30.8 Å². The Morgan fingerprint density at radius 1 is 0.697 bits per heavy atom. The van der Waals surface area contributed by atoms with Crippen molar-refractivity contribution >= 4 is 28.7 Å². The van der Waals surface area contributed by atoms with Crippen molar-refractivity contribution in [2.24, 2.45) is 0 Å². The van der Waals surface area contributed by atoms with Gasteiger partial charge in [-0.2, -0.15) is 0 Å². The van der Waals surface area contributed by atoms with Gasteiger partial charge in [0.15, 0.2) is 5.13 Å².